The Hall–Kier alpha value is -1.13. The summed E-state index contributed by atoms with van der Waals surface area (Å²) in [6.07, 6.45) is 19.7. The van der Waals surface area contributed by atoms with E-state index in [9.17, 15) is 0 Å². The van der Waals surface area contributed by atoms with E-state index in [4.69, 9.17) is 0 Å². The number of benzene rings is 2. The summed E-state index contributed by atoms with van der Waals surface area (Å²) < 4.78 is 0. The monoisotopic (exact) mass is 418 g/mol. The Labute approximate surface area is 185 Å². The molecule has 0 nitrogen and oxygen atoms in total. The fourth-order valence-electron chi connectivity index (χ4n) is 6.38. The molecule has 0 heterocycles. The fourth-order valence-corrected chi connectivity index (χ4v) is 10.4. The average molecular weight is 419 g/mol. The van der Waals surface area contributed by atoms with Crippen molar-refractivity contribution >= 4 is 13.2 Å². The molecular formula is C29H39P. The largest absolute Gasteiger partial charge is 0.0686 e. The molecule has 0 radical (unpaired) electrons. The van der Waals surface area contributed by atoms with Crippen molar-refractivity contribution in [1.82, 2.24) is 0 Å². The maximum absolute atomic E-state index is 2.72. The van der Waals surface area contributed by atoms with Crippen LogP contribution in [0.3, 0.4) is 0 Å². The smallest absolute Gasteiger partial charge is 0.0166 e. The first kappa shape index (κ1) is 20.8. The molecule has 160 valence electrons. The third-order valence-corrected chi connectivity index (χ3v) is 11.7. The van der Waals surface area contributed by atoms with E-state index < -0.39 is 0 Å². The second-order valence-electron chi connectivity index (χ2n) is 10.2. The second-order valence-corrected chi connectivity index (χ2v) is 13.0. The molecule has 0 aliphatic heterocycles. The average Bonchev–Trinajstić information content (AvgIpc) is 2.78. The van der Waals surface area contributed by atoms with Crippen LogP contribution in [0.1, 0.15) is 92.0 Å². The minimum absolute atomic E-state index is 0.00826. The van der Waals surface area contributed by atoms with Crippen molar-refractivity contribution in [2.24, 2.45) is 0 Å². The number of hydrogen-bond donors (Lipinski definition) is 0. The first-order valence-electron chi connectivity index (χ1n) is 12.8. The van der Waals surface area contributed by atoms with E-state index in [1.54, 1.807) is 16.7 Å². The first-order chi connectivity index (χ1) is 14.8. The molecule has 0 spiro atoms. The molecule has 0 atom stereocenters. The van der Waals surface area contributed by atoms with Crippen LogP contribution in [0.5, 0.6) is 0 Å². The van der Waals surface area contributed by atoms with Gasteiger partial charge in [0.25, 0.3) is 0 Å². The van der Waals surface area contributed by atoms with Gasteiger partial charge in [-0.25, -0.2) is 0 Å². The molecular weight excluding hydrogens is 379 g/mol. The van der Waals surface area contributed by atoms with Crippen LogP contribution in [0, 0.1) is 6.92 Å². The topological polar surface area (TPSA) is 0 Å². The van der Waals surface area contributed by atoms with E-state index in [1.807, 2.05) is 5.30 Å². The molecule has 8 rings (SSSR count). The van der Waals surface area contributed by atoms with Crippen LogP contribution in [0.25, 0.3) is 0 Å². The zero-order chi connectivity index (χ0) is 20.3. The van der Waals surface area contributed by atoms with E-state index >= 15 is 0 Å². The molecule has 1 heteroatoms. The van der Waals surface area contributed by atoms with E-state index in [0.717, 1.165) is 11.3 Å². The predicted octanol–water partition coefficient (Wildman–Crippen LogP) is 7.65. The zero-order valence-corrected chi connectivity index (χ0v) is 19.9. The molecule has 6 aliphatic carbocycles. The van der Waals surface area contributed by atoms with Crippen LogP contribution in [-0.4, -0.2) is 11.3 Å². The van der Waals surface area contributed by atoms with Gasteiger partial charge in [0.15, 0.2) is 0 Å². The van der Waals surface area contributed by atoms with E-state index in [0.29, 0.717) is 0 Å². The van der Waals surface area contributed by atoms with Gasteiger partial charge in [0, 0.05) is 0 Å². The SMILES string of the molecule is Cc1cc2ccc1CCc1ccc(c(P(C3CCCCC3)C3CCCCC3)c1)CC2. The van der Waals surface area contributed by atoms with Gasteiger partial charge in [-0.2, -0.15) is 0 Å². The molecule has 0 saturated heterocycles. The van der Waals surface area contributed by atoms with Gasteiger partial charge in [0.05, 0.1) is 0 Å². The Morgan fingerprint density at radius 1 is 0.600 bits per heavy atom. The molecule has 2 aromatic carbocycles. The molecule has 30 heavy (non-hydrogen) atoms. The Morgan fingerprint density at radius 3 is 1.73 bits per heavy atom. The highest BCUT2D eigenvalue weighted by Gasteiger charge is 2.33. The minimum Gasteiger partial charge on any atom is -0.0686 e. The van der Waals surface area contributed by atoms with E-state index in [2.05, 4.69) is 43.3 Å². The molecule has 2 saturated carbocycles. The van der Waals surface area contributed by atoms with Crippen LogP contribution in [0.2, 0.25) is 0 Å². The summed E-state index contributed by atoms with van der Waals surface area (Å²) >= 11 is 0. The molecule has 6 aliphatic rings. The standard InChI is InChI=1S/C29H39P/c1-22-20-23-12-16-25(22)17-13-24-15-19-26(18-14-23)29(21-24)30(27-8-4-2-5-9-27)28-10-6-3-7-11-28/h12,15-16,19-21,27-28H,2-11,13-14,17-18H2,1H3. The molecule has 0 aromatic heterocycles. The second kappa shape index (κ2) is 9.56. The summed E-state index contributed by atoms with van der Waals surface area (Å²) in [7, 11) is -0.00826. The van der Waals surface area contributed by atoms with Crippen molar-refractivity contribution in [3.8, 4) is 0 Å². The van der Waals surface area contributed by atoms with Gasteiger partial charge in [0.2, 0.25) is 0 Å². The Bertz CT molecular complexity index is 837. The summed E-state index contributed by atoms with van der Waals surface area (Å²) in [5.41, 5.74) is 9.87. The summed E-state index contributed by atoms with van der Waals surface area (Å²) in [6, 6.07) is 15.0. The maximum atomic E-state index is 2.72. The van der Waals surface area contributed by atoms with Crippen molar-refractivity contribution in [2.45, 2.75) is 108 Å². The van der Waals surface area contributed by atoms with Gasteiger partial charge in [-0.1, -0.05) is 82.8 Å². The summed E-state index contributed by atoms with van der Waals surface area (Å²) in [4.78, 5) is 0. The number of aryl methyl sites for hydroxylation is 5. The van der Waals surface area contributed by atoms with Crippen molar-refractivity contribution in [3.63, 3.8) is 0 Å². The summed E-state index contributed by atoms with van der Waals surface area (Å²) in [6.45, 7) is 2.31. The van der Waals surface area contributed by atoms with Gasteiger partial charge >= 0.3 is 0 Å². The fraction of sp³-hybridized carbons (Fsp3) is 0.586. The first-order valence-corrected chi connectivity index (χ1v) is 14.2. The van der Waals surface area contributed by atoms with Crippen LogP contribution >= 0.6 is 7.92 Å². The molecule has 2 aromatic rings. The lowest BCUT2D eigenvalue weighted by atomic mass is 9.94. The Kier molecular flexibility index (Phi) is 6.62. The highest BCUT2D eigenvalue weighted by atomic mass is 31.1. The van der Waals surface area contributed by atoms with E-state index in [1.165, 1.54) is 101 Å². The lowest BCUT2D eigenvalue weighted by molar-refractivity contribution is 0.487. The van der Waals surface area contributed by atoms with Gasteiger partial charge in [-0.15, -0.1) is 0 Å². The van der Waals surface area contributed by atoms with Crippen LogP contribution in [0.4, 0.5) is 0 Å². The van der Waals surface area contributed by atoms with Crippen LogP contribution < -0.4 is 5.30 Å². The van der Waals surface area contributed by atoms with Crippen molar-refractivity contribution < 1.29 is 0 Å². The number of hydrogen-bond acceptors (Lipinski definition) is 0. The van der Waals surface area contributed by atoms with Crippen LogP contribution in [0.15, 0.2) is 36.4 Å². The van der Waals surface area contributed by atoms with Gasteiger partial charge in [-0.05, 0) is 103 Å². The third-order valence-electron chi connectivity index (χ3n) is 8.14. The normalized spacial score (nSPS) is 21.0. The summed E-state index contributed by atoms with van der Waals surface area (Å²) in [5, 5.41) is 1.84. The Balaban J connectivity index is 1.52. The summed E-state index contributed by atoms with van der Waals surface area (Å²) in [5.74, 6) is 0. The highest BCUT2D eigenvalue weighted by molar-refractivity contribution is 7.67. The molecule has 2 fully saturated rings. The Morgan fingerprint density at radius 2 is 1.13 bits per heavy atom. The quantitative estimate of drug-likeness (QED) is 0.449. The van der Waals surface area contributed by atoms with Crippen molar-refractivity contribution in [1.29, 1.82) is 0 Å². The number of rotatable bonds is 3. The molecule has 4 bridgehead atoms. The van der Waals surface area contributed by atoms with E-state index in [-0.39, 0.29) is 7.92 Å². The lowest BCUT2D eigenvalue weighted by Gasteiger charge is -2.40. The molecule has 0 amide bonds. The zero-order valence-electron chi connectivity index (χ0n) is 19.0. The van der Waals surface area contributed by atoms with Crippen LogP contribution in [-0.2, 0) is 25.7 Å². The van der Waals surface area contributed by atoms with Gasteiger partial charge < -0.3 is 0 Å². The van der Waals surface area contributed by atoms with Crippen molar-refractivity contribution in [3.05, 3.63) is 64.2 Å². The predicted molar refractivity (Wildman–Crippen MR) is 133 cm³/mol. The molecule has 0 unspecified atom stereocenters. The van der Waals surface area contributed by atoms with Gasteiger partial charge in [0.1, 0.15) is 0 Å². The highest BCUT2D eigenvalue weighted by Crippen LogP contribution is 2.55. The molecule has 0 N–H and O–H groups in total. The maximum Gasteiger partial charge on any atom is -0.0166 e. The van der Waals surface area contributed by atoms with Gasteiger partial charge in [-0.3, -0.25) is 0 Å². The minimum atomic E-state index is -0.00826. The third kappa shape index (κ3) is 4.55. The van der Waals surface area contributed by atoms with Crippen molar-refractivity contribution in [2.75, 3.05) is 0 Å². The lowest BCUT2D eigenvalue weighted by Crippen LogP contribution is -2.28.